The second-order valence-corrected chi connectivity index (χ2v) is 16.9. The van der Waals surface area contributed by atoms with Crippen LogP contribution in [0.3, 0.4) is 0 Å². The van der Waals surface area contributed by atoms with Gasteiger partial charge in [-0.1, -0.05) is 141 Å². The fourth-order valence-electron chi connectivity index (χ4n) is 10.9. The zero-order chi connectivity index (χ0) is 34.6. The molecule has 0 spiro atoms. The monoisotopic (exact) mass is 669 g/mol. The molecule has 9 rings (SSSR count). The third kappa shape index (κ3) is 5.78. The molecule has 3 heteroatoms. The number of hydrogen-bond acceptors (Lipinski definition) is 3. The predicted octanol–water partition coefficient (Wildman–Crippen LogP) is 11.5. The minimum Gasteiger partial charge on any atom is -0.217 e. The summed E-state index contributed by atoms with van der Waals surface area (Å²) in [7, 11) is 0. The molecule has 0 N–H and O–H groups in total. The average Bonchev–Trinajstić information content (AvgIpc) is 3.28. The normalized spacial score (nSPS) is 31.8. The molecule has 51 heavy (non-hydrogen) atoms. The summed E-state index contributed by atoms with van der Waals surface area (Å²) < 4.78 is 0. The lowest BCUT2D eigenvalue weighted by Gasteiger charge is -2.39. The molecular formula is C48H51N3. The molecule has 2 saturated carbocycles. The maximum Gasteiger partial charge on any atom is 0.163 e. The number of aryl methyl sites for hydroxylation is 1. The van der Waals surface area contributed by atoms with Gasteiger partial charge in [0.15, 0.2) is 5.82 Å². The molecule has 4 aromatic rings. The van der Waals surface area contributed by atoms with Gasteiger partial charge in [0.25, 0.3) is 0 Å². The van der Waals surface area contributed by atoms with Crippen molar-refractivity contribution in [2.45, 2.75) is 88.9 Å². The Bertz CT molecular complexity index is 2020. The summed E-state index contributed by atoms with van der Waals surface area (Å²) in [6.07, 6.45) is 26.5. The molecule has 0 saturated heterocycles. The van der Waals surface area contributed by atoms with E-state index >= 15 is 0 Å². The number of fused-ring (bicyclic) bond motifs is 4. The number of benzene rings is 3. The van der Waals surface area contributed by atoms with E-state index in [0.717, 1.165) is 66.5 Å². The fraction of sp³-hybridized carbons (Fsp3) is 0.396. The minimum absolute atomic E-state index is 0.148. The largest absolute Gasteiger partial charge is 0.217 e. The first-order valence-corrected chi connectivity index (χ1v) is 19.6. The second kappa shape index (κ2) is 13.0. The van der Waals surface area contributed by atoms with Crippen LogP contribution in [0.2, 0.25) is 0 Å². The van der Waals surface area contributed by atoms with Crippen LogP contribution in [-0.4, -0.2) is 15.0 Å². The lowest BCUT2D eigenvalue weighted by atomic mass is 9.65. The molecule has 3 aromatic carbocycles. The third-order valence-corrected chi connectivity index (χ3v) is 13.7. The van der Waals surface area contributed by atoms with Crippen molar-refractivity contribution in [1.29, 1.82) is 0 Å². The van der Waals surface area contributed by atoms with Gasteiger partial charge in [-0.15, -0.1) is 0 Å². The molecule has 0 amide bonds. The molecule has 0 bridgehead atoms. The molecule has 1 heterocycles. The molecular weight excluding hydrogens is 619 g/mol. The zero-order valence-corrected chi connectivity index (χ0v) is 30.5. The molecule has 5 aliphatic rings. The van der Waals surface area contributed by atoms with Crippen molar-refractivity contribution in [2.75, 3.05) is 0 Å². The summed E-state index contributed by atoms with van der Waals surface area (Å²) in [5.41, 5.74) is 6.91. The van der Waals surface area contributed by atoms with E-state index in [4.69, 9.17) is 15.0 Å². The topological polar surface area (TPSA) is 38.7 Å². The van der Waals surface area contributed by atoms with Crippen LogP contribution in [0.4, 0.5) is 0 Å². The van der Waals surface area contributed by atoms with Crippen molar-refractivity contribution in [1.82, 2.24) is 15.0 Å². The first-order chi connectivity index (χ1) is 24.9. The Morgan fingerprint density at radius 1 is 0.706 bits per heavy atom. The van der Waals surface area contributed by atoms with Crippen LogP contribution in [0.25, 0.3) is 11.4 Å². The number of nitrogens with zero attached hydrogens (tertiary/aromatic N) is 3. The van der Waals surface area contributed by atoms with E-state index in [1.165, 1.54) is 41.5 Å². The number of rotatable bonds is 5. The van der Waals surface area contributed by atoms with Crippen LogP contribution in [0.5, 0.6) is 0 Å². The van der Waals surface area contributed by atoms with Crippen molar-refractivity contribution in [2.24, 2.45) is 29.1 Å². The van der Waals surface area contributed by atoms with E-state index in [-0.39, 0.29) is 17.3 Å². The molecule has 3 nitrogen and oxygen atoms in total. The first kappa shape index (κ1) is 32.5. The maximum atomic E-state index is 5.42. The molecule has 0 aliphatic heterocycles. The van der Waals surface area contributed by atoms with E-state index < -0.39 is 0 Å². The Hall–Kier alpha value is -4.37. The quantitative estimate of drug-likeness (QED) is 0.199. The van der Waals surface area contributed by atoms with Gasteiger partial charge in [-0.2, -0.15) is 0 Å². The highest BCUT2D eigenvalue weighted by Gasteiger charge is 2.55. The Kier molecular flexibility index (Phi) is 8.29. The van der Waals surface area contributed by atoms with Gasteiger partial charge in [0.05, 0.1) is 0 Å². The van der Waals surface area contributed by atoms with Crippen molar-refractivity contribution in [3.8, 4) is 11.4 Å². The Labute approximate surface area is 304 Å². The molecule has 258 valence electrons. The van der Waals surface area contributed by atoms with Gasteiger partial charge in [0, 0.05) is 22.8 Å². The second-order valence-electron chi connectivity index (χ2n) is 16.9. The van der Waals surface area contributed by atoms with Gasteiger partial charge in [-0.3, -0.25) is 0 Å². The van der Waals surface area contributed by atoms with E-state index in [2.05, 4.69) is 148 Å². The smallest absolute Gasteiger partial charge is 0.163 e. The fourth-order valence-corrected chi connectivity index (χ4v) is 10.9. The van der Waals surface area contributed by atoms with Crippen LogP contribution in [0, 0.1) is 29.1 Å². The lowest BCUT2D eigenvalue weighted by Crippen LogP contribution is -2.30. The highest BCUT2D eigenvalue weighted by atomic mass is 15.0. The van der Waals surface area contributed by atoms with Crippen LogP contribution < -0.4 is 0 Å². The Morgan fingerprint density at radius 2 is 1.49 bits per heavy atom. The summed E-state index contributed by atoms with van der Waals surface area (Å²) >= 11 is 0. The molecule has 2 fully saturated rings. The highest BCUT2D eigenvalue weighted by Crippen LogP contribution is 2.62. The summed E-state index contributed by atoms with van der Waals surface area (Å²) in [4.78, 5) is 15.9. The van der Waals surface area contributed by atoms with E-state index in [0.29, 0.717) is 17.3 Å². The Morgan fingerprint density at radius 3 is 2.31 bits per heavy atom. The molecule has 5 aliphatic carbocycles. The predicted molar refractivity (Wildman–Crippen MR) is 209 cm³/mol. The van der Waals surface area contributed by atoms with Gasteiger partial charge in [-0.25, -0.2) is 15.0 Å². The van der Waals surface area contributed by atoms with Crippen molar-refractivity contribution in [3.63, 3.8) is 0 Å². The van der Waals surface area contributed by atoms with Gasteiger partial charge in [0.2, 0.25) is 0 Å². The number of hydrogen-bond donors (Lipinski definition) is 0. The van der Waals surface area contributed by atoms with Crippen molar-refractivity contribution < 1.29 is 0 Å². The van der Waals surface area contributed by atoms with E-state index in [1.807, 2.05) is 0 Å². The maximum absolute atomic E-state index is 5.42. The minimum atomic E-state index is -0.271. The van der Waals surface area contributed by atoms with Gasteiger partial charge in [-0.05, 0) is 109 Å². The van der Waals surface area contributed by atoms with Crippen LogP contribution >= 0.6 is 0 Å². The van der Waals surface area contributed by atoms with Crippen LogP contribution in [0.1, 0.15) is 111 Å². The summed E-state index contributed by atoms with van der Waals surface area (Å²) in [6.45, 7) is 7.36. The van der Waals surface area contributed by atoms with E-state index in [1.54, 1.807) is 0 Å². The summed E-state index contributed by atoms with van der Waals surface area (Å²) in [5.74, 6) is 6.52. The molecule has 1 aromatic heterocycles. The van der Waals surface area contributed by atoms with Crippen molar-refractivity contribution >= 4 is 0 Å². The Balaban J connectivity index is 1.09. The molecule has 0 radical (unpaired) electrons. The van der Waals surface area contributed by atoms with Crippen molar-refractivity contribution in [3.05, 3.63) is 161 Å². The standard InChI is InChI=1S/C48H51N3/c1-47(2)41-22-11-10-20-38(41)39-28-27-36(31-42(39)47)32-23-25-34(26-24-32)43-37-19-9-8-15-33(37)18-14-21-40(43)45-49-44(35-16-6-4-7-17-35)50-46(51-45)48(3)29-12-5-13-30-48/h4-13,15-17,19-20,22-26,29,36,38-43H,14,18,21,27-28,30-31H2,1-3H3/t36?,38?,39?,40?,41?,42?,43?,48-/m0/s1. The number of aromatic nitrogens is 3. The first-order valence-electron chi connectivity index (χ1n) is 19.6. The molecule has 7 unspecified atom stereocenters. The number of allylic oxidation sites excluding steroid dienone is 8. The van der Waals surface area contributed by atoms with Gasteiger partial charge in [0.1, 0.15) is 11.6 Å². The van der Waals surface area contributed by atoms with E-state index in [9.17, 15) is 0 Å². The van der Waals surface area contributed by atoms with Gasteiger partial charge >= 0.3 is 0 Å². The highest BCUT2D eigenvalue weighted by molar-refractivity contribution is 5.55. The SMILES string of the molecule is CC1(C)C2C=CC=CC2C2CCC(c3ccc(C4c5ccccc5CCCC4c4nc(-c5ccccc5)nc([C@@]5(C)C=CC=CC5)n4)cc3)CC21. The van der Waals surface area contributed by atoms with Crippen LogP contribution in [0.15, 0.2) is 127 Å². The van der Waals surface area contributed by atoms with Crippen LogP contribution in [-0.2, 0) is 11.8 Å². The zero-order valence-electron chi connectivity index (χ0n) is 30.5. The lowest BCUT2D eigenvalue weighted by molar-refractivity contribution is 0.134. The van der Waals surface area contributed by atoms with Gasteiger partial charge < -0.3 is 0 Å². The average molecular weight is 670 g/mol. The molecule has 8 atom stereocenters. The third-order valence-electron chi connectivity index (χ3n) is 13.7. The summed E-state index contributed by atoms with van der Waals surface area (Å²) in [6, 6.07) is 29.5. The summed E-state index contributed by atoms with van der Waals surface area (Å²) in [5, 5.41) is 0.